The first kappa shape index (κ1) is 12.3. The van der Waals surface area contributed by atoms with Gasteiger partial charge in [-0.15, -0.1) is 0 Å². The van der Waals surface area contributed by atoms with E-state index in [1.807, 2.05) is 38.8 Å². The maximum absolute atomic E-state index is 8.78. The third kappa shape index (κ3) is 6.46. The molecule has 0 saturated carbocycles. The molecule has 0 saturated heterocycles. The summed E-state index contributed by atoms with van der Waals surface area (Å²) in [6, 6.07) is 0. The molecular weight excluding hydrogens is 166 g/mol. The third-order valence-electron chi connectivity index (χ3n) is 1.79. The highest BCUT2D eigenvalue weighted by molar-refractivity contribution is 4.96. The molecule has 0 unspecified atom stereocenters. The lowest BCUT2D eigenvalue weighted by molar-refractivity contribution is 0.0397. The van der Waals surface area contributed by atoms with Gasteiger partial charge in [0.25, 0.3) is 0 Å². The summed E-state index contributed by atoms with van der Waals surface area (Å²) in [7, 11) is 3.58. The monoisotopic (exact) mass is 187 g/mol. The van der Waals surface area contributed by atoms with E-state index in [-0.39, 0.29) is 5.60 Å². The SMILES string of the molecule is CN1CCC=C1O.COC(C)(C)C. The van der Waals surface area contributed by atoms with Crippen molar-refractivity contribution in [2.24, 2.45) is 0 Å². The lowest BCUT2D eigenvalue weighted by Gasteiger charge is -2.14. The highest BCUT2D eigenvalue weighted by Gasteiger charge is 2.05. The van der Waals surface area contributed by atoms with Crippen molar-refractivity contribution in [1.29, 1.82) is 0 Å². The van der Waals surface area contributed by atoms with Gasteiger partial charge >= 0.3 is 0 Å². The largest absolute Gasteiger partial charge is 0.495 e. The van der Waals surface area contributed by atoms with Crippen molar-refractivity contribution < 1.29 is 9.84 Å². The summed E-state index contributed by atoms with van der Waals surface area (Å²) in [4.78, 5) is 1.82. The van der Waals surface area contributed by atoms with Crippen LogP contribution < -0.4 is 0 Å². The summed E-state index contributed by atoms with van der Waals surface area (Å²) in [6.07, 6.45) is 2.81. The second-order valence-electron chi connectivity index (χ2n) is 4.09. The smallest absolute Gasteiger partial charge is 0.182 e. The van der Waals surface area contributed by atoms with Crippen LogP contribution in [0.15, 0.2) is 12.0 Å². The average Bonchev–Trinajstić information content (AvgIpc) is 2.36. The van der Waals surface area contributed by atoms with Crippen molar-refractivity contribution in [3.8, 4) is 0 Å². The third-order valence-corrected chi connectivity index (χ3v) is 1.79. The minimum absolute atomic E-state index is 0.0417. The molecular formula is C10H21NO2. The standard InChI is InChI=1S/C5H9NO.C5H12O/c1-6-4-2-3-5(6)7;1-5(2,3)6-4/h3,7H,2,4H2,1H3;1-4H3. The fourth-order valence-electron chi connectivity index (χ4n) is 0.658. The van der Waals surface area contributed by atoms with Crippen LogP contribution in [0.2, 0.25) is 0 Å². The molecule has 1 heterocycles. The van der Waals surface area contributed by atoms with E-state index in [0.29, 0.717) is 5.88 Å². The van der Waals surface area contributed by atoms with Crippen LogP contribution in [0.3, 0.4) is 0 Å². The maximum atomic E-state index is 8.78. The molecule has 3 nitrogen and oxygen atoms in total. The molecule has 0 aromatic heterocycles. The number of rotatable bonds is 0. The second-order valence-corrected chi connectivity index (χ2v) is 4.09. The fraction of sp³-hybridized carbons (Fsp3) is 0.800. The molecule has 0 fully saturated rings. The van der Waals surface area contributed by atoms with Crippen LogP contribution in [0.25, 0.3) is 0 Å². The van der Waals surface area contributed by atoms with Gasteiger partial charge in [-0.05, 0) is 33.3 Å². The molecule has 0 aromatic carbocycles. The molecule has 3 heteroatoms. The predicted octanol–water partition coefficient (Wildman–Crippen LogP) is 2.15. The highest BCUT2D eigenvalue weighted by atomic mass is 16.5. The molecule has 1 rings (SSSR count). The Morgan fingerprint density at radius 3 is 2.00 bits per heavy atom. The van der Waals surface area contributed by atoms with E-state index in [1.54, 1.807) is 7.11 Å². The Kier molecular flexibility index (Phi) is 4.85. The Bertz CT molecular complexity index is 170. The van der Waals surface area contributed by atoms with Gasteiger partial charge in [0.1, 0.15) is 0 Å². The van der Waals surface area contributed by atoms with E-state index in [9.17, 15) is 0 Å². The number of methoxy groups -OCH3 is 1. The van der Waals surface area contributed by atoms with Crippen molar-refractivity contribution in [3.05, 3.63) is 12.0 Å². The van der Waals surface area contributed by atoms with Gasteiger partial charge in [-0.3, -0.25) is 0 Å². The number of aliphatic hydroxyl groups excluding tert-OH is 1. The fourth-order valence-corrected chi connectivity index (χ4v) is 0.658. The molecule has 0 radical (unpaired) electrons. The van der Waals surface area contributed by atoms with Gasteiger partial charge in [0.2, 0.25) is 0 Å². The summed E-state index contributed by atoms with van der Waals surface area (Å²) in [6.45, 7) is 7.03. The number of ether oxygens (including phenoxy) is 1. The molecule has 0 bridgehead atoms. The Labute approximate surface area is 81.0 Å². The summed E-state index contributed by atoms with van der Waals surface area (Å²) in [5.41, 5.74) is 0.0417. The molecule has 1 aliphatic heterocycles. The molecule has 0 atom stereocenters. The number of aliphatic hydroxyl groups is 1. The number of nitrogens with zero attached hydrogens (tertiary/aromatic N) is 1. The van der Waals surface area contributed by atoms with Crippen LogP contribution in [0, 0.1) is 0 Å². The van der Waals surface area contributed by atoms with E-state index in [2.05, 4.69) is 0 Å². The molecule has 0 aromatic rings. The number of hydrogen-bond acceptors (Lipinski definition) is 3. The van der Waals surface area contributed by atoms with E-state index in [0.717, 1.165) is 13.0 Å². The van der Waals surface area contributed by atoms with Crippen LogP contribution >= 0.6 is 0 Å². The Balaban J connectivity index is 0.000000226. The van der Waals surface area contributed by atoms with Gasteiger partial charge in [-0.25, -0.2) is 0 Å². The lowest BCUT2D eigenvalue weighted by atomic mass is 10.2. The summed E-state index contributed by atoms with van der Waals surface area (Å²) >= 11 is 0. The number of hydrogen-bond donors (Lipinski definition) is 1. The summed E-state index contributed by atoms with van der Waals surface area (Å²) < 4.78 is 4.94. The van der Waals surface area contributed by atoms with E-state index >= 15 is 0 Å². The molecule has 0 aliphatic carbocycles. The van der Waals surface area contributed by atoms with Gasteiger partial charge in [0.05, 0.1) is 5.60 Å². The zero-order valence-corrected chi connectivity index (χ0v) is 9.29. The van der Waals surface area contributed by atoms with Gasteiger partial charge < -0.3 is 14.7 Å². The van der Waals surface area contributed by atoms with Crippen molar-refractivity contribution in [1.82, 2.24) is 4.90 Å². The summed E-state index contributed by atoms with van der Waals surface area (Å²) in [5, 5.41) is 8.78. The van der Waals surface area contributed by atoms with Crippen LogP contribution in [-0.2, 0) is 4.74 Å². The molecule has 0 spiro atoms. The predicted molar refractivity (Wildman–Crippen MR) is 54.7 cm³/mol. The van der Waals surface area contributed by atoms with Crippen molar-refractivity contribution >= 4 is 0 Å². The average molecular weight is 187 g/mol. The molecule has 13 heavy (non-hydrogen) atoms. The molecule has 1 N–H and O–H groups in total. The quantitative estimate of drug-likeness (QED) is 0.630. The van der Waals surface area contributed by atoms with Gasteiger partial charge in [0.15, 0.2) is 5.88 Å². The Morgan fingerprint density at radius 1 is 1.46 bits per heavy atom. The maximum Gasteiger partial charge on any atom is 0.182 e. The molecule has 1 aliphatic rings. The van der Waals surface area contributed by atoms with Crippen molar-refractivity contribution in [3.63, 3.8) is 0 Å². The second kappa shape index (κ2) is 5.12. The topological polar surface area (TPSA) is 32.7 Å². The first-order chi connectivity index (χ1) is 5.87. The first-order valence-electron chi connectivity index (χ1n) is 4.52. The Morgan fingerprint density at radius 2 is 1.92 bits per heavy atom. The van der Waals surface area contributed by atoms with E-state index < -0.39 is 0 Å². The Hall–Kier alpha value is -0.700. The van der Waals surface area contributed by atoms with Gasteiger partial charge in [0, 0.05) is 20.7 Å². The summed E-state index contributed by atoms with van der Waals surface area (Å²) in [5.74, 6) is 0.417. The van der Waals surface area contributed by atoms with Crippen LogP contribution in [-0.4, -0.2) is 36.3 Å². The van der Waals surface area contributed by atoms with Crippen LogP contribution in [0.1, 0.15) is 27.2 Å². The van der Waals surface area contributed by atoms with Crippen molar-refractivity contribution in [2.75, 3.05) is 20.7 Å². The minimum Gasteiger partial charge on any atom is -0.495 e. The van der Waals surface area contributed by atoms with E-state index in [4.69, 9.17) is 9.84 Å². The van der Waals surface area contributed by atoms with Gasteiger partial charge in [-0.1, -0.05) is 0 Å². The lowest BCUT2D eigenvalue weighted by Crippen LogP contribution is -2.15. The van der Waals surface area contributed by atoms with Crippen LogP contribution in [0.4, 0.5) is 0 Å². The minimum atomic E-state index is 0.0417. The van der Waals surface area contributed by atoms with Crippen molar-refractivity contribution in [2.45, 2.75) is 32.8 Å². The van der Waals surface area contributed by atoms with Crippen LogP contribution in [0.5, 0.6) is 0 Å². The highest BCUT2D eigenvalue weighted by Crippen LogP contribution is 2.06. The first-order valence-corrected chi connectivity index (χ1v) is 4.52. The molecule has 0 amide bonds. The normalized spacial score (nSPS) is 16.4. The zero-order chi connectivity index (χ0) is 10.5. The van der Waals surface area contributed by atoms with E-state index in [1.165, 1.54) is 0 Å². The van der Waals surface area contributed by atoms with Gasteiger partial charge in [-0.2, -0.15) is 0 Å². The zero-order valence-electron chi connectivity index (χ0n) is 9.29. The molecule has 78 valence electrons.